The van der Waals surface area contributed by atoms with Crippen molar-refractivity contribution in [3.63, 3.8) is 0 Å². The number of primary amides is 1. The highest BCUT2D eigenvalue weighted by Gasteiger charge is 2.34. The lowest BCUT2D eigenvalue weighted by atomic mass is 9.69. The largest absolute Gasteiger partial charge is 0.550 e. The minimum atomic E-state index is -1.28. The molecule has 0 unspecified atom stereocenters. The maximum Gasteiger partial charge on any atom is 0.251 e. The van der Waals surface area contributed by atoms with Crippen molar-refractivity contribution in [1.29, 1.82) is 0 Å². The maximum atomic E-state index is 11.9. The molecule has 0 fully saturated rings. The number of thiophene rings is 1. The summed E-state index contributed by atoms with van der Waals surface area (Å²) in [5, 5.41) is 13.6. The van der Waals surface area contributed by atoms with Crippen molar-refractivity contribution in [1.82, 2.24) is 0 Å². The predicted molar refractivity (Wildman–Crippen MR) is 95.3 cm³/mol. The summed E-state index contributed by atoms with van der Waals surface area (Å²) in [7, 11) is 0. The molecular formula is C18H25N2O4S-. The van der Waals surface area contributed by atoms with Crippen molar-refractivity contribution in [3.8, 4) is 0 Å². The Labute approximate surface area is 151 Å². The molecule has 0 saturated heterocycles. The molecule has 0 spiro atoms. The van der Waals surface area contributed by atoms with Crippen molar-refractivity contribution in [3.05, 3.63) is 16.0 Å². The molecule has 2 amide bonds. The van der Waals surface area contributed by atoms with Gasteiger partial charge in [0.05, 0.1) is 5.56 Å². The number of carbonyl (C=O) groups excluding carboxylic acids is 3. The number of aliphatic carboxylic acids is 1. The van der Waals surface area contributed by atoms with Crippen LogP contribution in [0.15, 0.2) is 0 Å². The van der Waals surface area contributed by atoms with Gasteiger partial charge in [0, 0.05) is 17.3 Å². The summed E-state index contributed by atoms with van der Waals surface area (Å²) in [5.74, 6) is -1.76. The average Bonchev–Trinajstić information content (AvgIpc) is 2.89. The van der Waals surface area contributed by atoms with Crippen molar-refractivity contribution in [2.75, 3.05) is 5.32 Å². The van der Waals surface area contributed by atoms with Crippen LogP contribution in [0.2, 0.25) is 0 Å². The first-order chi connectivity index (χ1) is 11.7. The van der Waals surface area contributed by atoms with Gasteiger partial charge < -0.3 is 21.0 Å². The van der Waals surface area contributed by atoms with Gasteiger partial charge in [-0.25, -0.2) is 0 Å². The Kier molecular flexibility index (Phi) is 5.87. The minimum absolute atomic E-state index is 0.186. The lowest BCUT2D eigenvalue weighted by Crippen LogP contribution is -2.29. The van der Waals surface area contributed by atoms with Crippen LogP contribution < -0.4 is 16.2 Å². The molecule has 0 bridgehead atoms. The number of carbonyl (C=O) groups is 3. The monoisotopic (exact) mass is 365 g/mol. The fraction of sp³-hybridized carbons (Fsp3) is 0.611. The number of fused-ring (bicyclic) bond motifs is 1. The molecule has 1 aliphatic rings. The van der Waals surface area contributed by atoms with E-state index < -0.39 is 17.8 Å². The first-order valence-corrected chi connectivity index (χ1v) is 9.41. The third-order valence-electron chi connectivity index (χ3n) is 5.34. The Balaban J connectivity index is 2.24. The maximum absolute atomic E-state index is 11.9. The van der Waals surface area contributed by atoms with Crippen molar-refractivity contribution in [2.24, 2.45) is 17.1 Å². The first-order valence-electron chi connectivity index (χ1n) is 8.59. The summed E-state index contributed by atoms with van der Waals surface area (Å²) in [6.07, 6.45) is 3.17. The molecule has 1 aliphatic carbocycles. The number of carboxylic acid groups (broad SMARTS) is 1. The van der Waals surface area contributed by atoms with E-state index in [1.54, 1.807) is 0 Å². The molecule has 0 saturated carbocycles. The molecule has 2 rings (SSSR count). The second-order valence-electron chi connectivity index (χ2n) is 7.27. The molecule has 3 N–H and O–H groups in total. The molecule has 138 valence electrons. The molecule has 6 nitrogen and oxygen atoms in total. The molecule has 0 radical (unpaired) electrons. The Bertz CT molecular complexity index is 693. The van der Waals surface area contributed by atoms with Gasteiger partial charge in [0.1, 0.15) is 5.00 Å². The summed E-state index contributed by atoms with van der Waals surface area (Å²) >= 11 is 1.39. The number of anilines is 1. The van der Waals surface area contributed by atoms with E-state index in [0.29, 0.717) is 16.5 Å². The fourth-order valence-electron chi connectivity index (χ4n) is 3.30. The Morgan fingerprint density at radius 3 is 2.56 bits per heavy atom. The molecular weight excluding hydrogens is 340 g/mol. The zero-order valence-corrected chi connectivity index (χ0v) is 15.8. The SMILES string of the molecule is CCC(C)(C)[C@H]1CCc2c(sc(NC(=O)CCC(=O)[O-])c2C(N)=O)C1. The van der Waals surface area contributed by atoms with E-state index in [1.165, 1.54) is 11.3 Å². The van der Waals surface area contributed by atoms with Crippen molar-refractivity contribution in [2.45, 2.75) is 59.3 Å². The Morgan fingerprint density at radius 1 is 1.32 bits per heavy atom. The first kappa shape index (κ1) is 19.4. The summed E-state index contributed by atoms with van der Waals surface area (Å²) in [6.45, 7) is 6.70. The number of carboxylic acids is 1. The summed E-state index contributed by atoms with van der Waals surface area (Å²) in [5.41, 5.74) is 7.08. The summed E-state index contributed by atoms with van der Waals surface area (Å²) in [6, 6.07) is 0. The van der Waals surface area contributed by atoms with Gasteiger partial charge >= 0.3 is 0 Å². The number of amides is 2. The number of nitrogens with one attached hydrogen (secondary N) is 1. The van der Waals surface area contributed by atoms with Crippen LogP contribution in [0.25, 0.3) is 0 Å². The number of nitrogens with two attached hydrogens (primary N) is 1. The molecule has 1 heterocycles. The third kappa shape index (κ3) is 4.39. The average molecular weight is 365 g/mol. The van der Waals surface area contributed by atoms with Crippen LogP contribution in [0.1, 0.15) is 67.3 Å². The van der Waals surface area contributed by atoms with Crippen LogP contribution in [0, 0.1) is 11.3 Å². The van der Waals surface area contributed by atoms with Crippen LogP contribution in [-0.4, -0.2) is 17.8 Å². The fourth-order valence-corrected chi connectivity index (χ4v) is 4.64. The van der Waals surface area contributed by atoms with Gasteiger partial charge in [-0.05, 0) is 42.6 Å². The zero-order chi connectivity index (χ0) is 18.8. The lowest BCUT2D eigenvalue weighted by molar-refractivity contribution is -0.305. The van der Waals surface area contributed by atoms with Crippen LogP contribution in [-0.2, 0) is 22.4 Å². The second-order valence-corrected chi connectivity index (χ2v) is 8.38. The molecule has 1 aromatic heterocycles. The number of hydrogen-bond donors (Lipinski definition) is 2. The third-order valence-corrected chi connectivity index (χ3v) is 6.51. The number of hydrogen-bond acceptors (Lipinski definition) is 5. The molecule has 7 heteroatoms. The second kappa shape index (κ2) is 7.56. The van der Waals surface area contributed by atoms with Gasteiger partial charge in [-0.2, -0.15) is 0 Å². The van der Waals surface area contributed by atoms with Crippen LogP contribution in [0.5, 0.6) is 0 Å². The normalized spacial score (nSPS) is 17.0. The van der Waals surface area contributed by atoms with E-state index in [4.69, 9.17) is 5.73 Å². The number of rotatable bonds is 7. The summed E-state index contributed by atoms with van der Waals surface area (Å²) < 4.78 is 0. The van der Waals surface area contributed by atoms with Gasteiger partial charge in [0.25, 0.3) is 5.91 Å². The molecule has 25 heavy (non-hydrogen) atoms. The molecule has 1 atom stereocenters. The van der Waals surface area contributed by atoms with E-state index in [-0.39, 0.29) is 18.3 Å². The highest BCUT2D eigenvalue weighted by Crippen LogP contribution is 2.45. The van der Waals surface area contributed by atoms with Gasteiger partial charge in [-0.15, -0.1) is 11.3 Å². The van der Waals surface area contributed by atoms with Crippen LogP contribution in [0.4, 0.5) is 5.00 Å². The highest BCUT2D eigenvalue weighted by molar-refractivity contribution is 7.17. The Hall–Kier alpha value is -1.89. The molecule has 0 aliphatic heterocycles. The Morgan fingerprint density at radius 2 is 2.00 bits per heavy atom. The van der Waals surface area contributed by atoms with Crippen LogP contribution in [0.3, 0.4) is 0 Å². The van der Waals surface area contributed by atoms with Crippen molar-refractivity contribution < 1.29 is 19.5 Å². The van der Waals surface area contributed by atoms with E-state index in [1.807, 2.05) is 0 Å². The van der Waals surface area contributed by atoms with Gasteiger partial charge in [-0.3, -0.25) is 9.59 Å². The topological polar surface area (TPSA) is 112 Å². The van der Waals surface area contributed by atoms with Crippen molar-refractivity contribution >= 4 is 34.1 Å². The van der Waals surface area contributed by atoms with Gasteiger partial charge in [0.2, 0.25) is 5.91 Å². The quantitative estimate of drug-likeness (QED) is 0.768. The van der Waals surface area contributed by atoms with E-state index in [0.717, 1.165) is 36.1 Å². The lowest BCUT2D eigenvalue weighted by Gasteiger charge is -2.36. The highest BCUT2D eigenvalue weighted by atomic mass is 32.1. The standard InChI is InChI=1S/C18H26N2O4S/c1-4-18(2,3)10-5-6-11-12(9-10)25-17(15(11)16(19)24)20-13(21)7-8-14(22)23/h10H,4-9H2,1-3H3,(H2,19,24)(H,20,21)(H,22,23)/p-1/t10-/m0/s1. The van der Waals surface area contributed by atoms with Gasteiger partial charge in [-0.1, -0.05) is 27.2 Å². The molecule has 0 aromatic carbocycles. The van der Waals surface area contributed by atoms with E-state index >= 15 is 0 Å². The van der Waals surface area contributed by atoms with Crippen LogP contribution >= 0.6 is 11.3 Å². The van der Waals surface area contributed by atoms with Gasteiger partial charge in [0.15, 0.2) is 0 Å². The minimum Gasteiger partial charge on any atom is -0.550 e. The zero-order valence-electron chi connectivity index (χ0n) is 14.9. The summed E-state index contributed by atoms with van der Waals surface area (Å²) in [4.78, 5) is 35.4. The molecule has 1 aromatic rings. The van der Waals surface area contributed by atoms with E-state index in [2.05, 4.69) is 26.1 Å². The van der Waals surface area contributed by atoms with E-state index in [9.17, 15) is 19.5 Å². The predicted octanol–water partition coefficient (Wildman–Crippen LogP) is 1.86. The smallest absolute Gasteiger partial charge is 0.251 e.